The van der Waals surface area contributed by atoms with Crippen molar-refractivity contribution in [3.63, 3.8) is 0 Å². The van der Waals surface area contributed by atoms with Crippen molar-refractivity contribution in [2.45, 2.75) is 32.1 Å². The van der Waals surface area contributed by atoms with Crippen LogP contribution in [0.1, 0.15) is 23.1 Å². The summed E-state index contributed by atoms with van der Waals surface area (Å²) in [6, 6.07) is 12.7. The van der Waals surface area contributed by atoms with E-state index in [1.165, 1.54) is 26.3 Å². The third-order valence-corrected chi connectivity index (χ3v) is 6.36. The van der Waals surface area contributed by atoms with E-state index in [1.807, 2.05) is 11.6 Å². The Kier molecular flexibility index (Phi) is 5.45. The second-order valence-electron chi connectivity index (χ2n) is 6.29. The number of benzene rings is 2. The number of thioether (sulfide) groups is 1. The number of aryl methyl sites for hydroxylation is 4. The number of hydrogen-bond donors (Lipinski definition) is 0. The van der Waals surface area contributed by atoms with Crippen LogP contribution in [-0.4, -0.2) is 16.2 Å². The summed E-state index contributed by atoms with van der Waals surface area (Å²) in [5, 5.41) is 0. The summed E-state index contributed by atoms with van der Waals surface area (Å²) in [7, 11) is 1.98. The SMILES string of the molecule is Cc1ccc(SCCC(=O)N=c2sc3c(C)cc(C)cc3n2C)cc1. The highest BCUT2D eigenvalue weighted by Crippen LogP contribution is 2.23. The monoisotopic (exact) mass is 370 g/mol. The third kappa shape index (κ3) is 4.22. The summed E-state index contributed by atoms with van der Waals surface area (Å²) in [6.07, 6.45) is 0.449. The van der Waals surface area contributed by atoms with Gasteiger partial charge in [-0.3, -0.25) is 4.79 Å². The molecule has 0 radical (unpaired) electrons. The van der Waals surface area contributed by atoms with Crippen LogP contribution in [0.4, 0.5) is 0 Å². The van der Waals surface area contributed by atoms with Crippen LogP contribution in [0.3, 0.4) is 0 Å². The van der Waals surface area contributed by atoms with Crippen LogP contribution >= 0.6 is 23.1 Å². The number of nitrogens with zero attached hydrogens (tertiary/aromatic N) is 2. The number of carbonyl (C=O) groups is 1. The first kappa shape index (κ1) is 18.0. The highest BCUT2D eigenvalue weighted by Gasteiger charge is 2.08. The summed E-state index contributed by atoms with van der Waals surface area (Å²) in [5.41, 5.74) is 4.85. The van der Waals surface area contributed by atoms with Gasteiger partial charge in [0.15, 0.2) is 4.80 Å². The van der Waals surface area contributed by atoms with Crippen molar-refractivity contribution in [3.8, 4) is 0 Å². The van der Waals surface area contributed by atoms with Gasteiger partial charge in [-0.05, 0) is 50.1 Å². The van der Waals surface area contributed by atoms with Crippen LogP contribution < -0.4 is 4.80 Å². The quantitative estimate of drug-likeness (QED) is 0.620. The minimum Gasteiger partial charge on any atom is -0.319 e. The maximum absolute atomic E-state index is 12.3. The fourth-order valence-electron chi connectivity index (χ4n) is 2.73. The standard InChI is InChI=1S/C20H22N2OS2/c1-13-5-7-16(8-6-13)24-10-9-18(23)21-20-22(4)17-12-14(2)11-15(3)19(17)25-20/h5-8,11-12H,9-10H2,1-4H3. The van der Waals surface area contributed by atoms with Gasteiger partial charge in [0.2, 0.25) is 5.91 Å². The third-order valence-electron chi connectivity index (χ3n) is 4.07. The van der Waals surface area contributed by atoms with Gasteiger partial charge in [0, 0.05) is 24.1 Å². The number of rotatable bonds is 4. The molecular formula is C20H22N2OS2. The Morgan fingerprint density at radius 2 is 1.84 bits per heavy atom. The normalized spacial score (nSPS) is 12.1. The zero-order valence-corrected chi connectivity index (χ0v) is 16.6. The lowest BCUT2D eigenvalue weighted by Gasteiger charge is -2.01. The predicted molar refractivity (Wildman–Crippen MR) is 107 cm³/mol. The molecular weight excluding hydrogens is 348 g/mol. The van der Waals surface area contributed by atoms with E-state index < -0.39 is 0 Å². The molecule has 1 heterocycles. The molecule has 1 amide bonds. The van der Waals surface area contributed by atoms with Gasteiger partial charge in [-0.25, -0.2) is 0 Å². The van der Waals surface area contributed by atoms with E-state index in [-0.39, 0.29) is 5.91 Å². The number of hydrogen-bond acceptors (Lipinski definition) is 3. The Morgan fingerprint density at radius 1 is 1.12 bits per heavy atom. The van der Waals surface area contributed by atoms with Crippen molar-refractivity contribution in [1.29, 1.82) is 0 Å². The van der Waals surface area contributed by atoms with Crippen molar-refractivity contribution in [2.75, 3.05) is 5.75 Å². The maximum atomic E-state index is 12.3. The van der Waals surface area contributed by atoms with E-state index in [1.54, 1.807) is 23.1 Å². The summed E-state index contributed by atoms with van der Waals surface area (Å²) in [5.74, 6) is 0.689. The summed E-state index contributed by atoms with van der Waals surface area (Å²) < 4.78 is 3.22. The van der Waals surface area contributed by atoms with Crippen molar-refractivity contribution >= 4 is 39.2 Å². The average Bonchev–Trinajstić information content (AvgIpc) is 2.86. The van der Waals surface area contributed by atoms with Crippen molar-refractivity contribution in [1.82, 2.24) is 4.57 Å². The Morgan fingerprint density at radius 3 is 2.56 bits per heavy atom. The largest absolute Gasteiger partial charge is 0.319 e. The molecule has 0 unspecified atom stereocenters. The smallest absolute Gasteiger partial charge is 0.249 e. The molecule has 0 saturated carbocycles. The minimum atomic E-state index is -0.0591. The molecule has 3 rings (SSSR count). The molecule has 0 spiro atoms. The number of carbonyl (C=O) groups excluding carboxylic acids is 1. The molecule has 0 fully saturated rings. The molecule has 2 aromatic carbocycles. The summed E-state index contributed by atoms with van der Waals surface area (Å²) in [4.78, 5) is 18.6. The van der Waals surface area contributed by atoms with Crippen molar-refractivity contribution in [2.24, 2.45) is 12.0 Å². The van der Waals surface area contributed by atoms with Crippen LogP contribution in [0.25, 0.3) is 10.2 Å². The number of thiazole rings is 1. The van der Waals surface area contributed by atoms with Crippen LogP contribution in [0.15, 0.2) is 46.3 Å². The van der Waals surface area contributed by atoms with Crippen LogP contribution in [-0.2, 0) is 11.8 Å². The van der Waals surface area contributed by atoms with Gasteiger partial charge in [-0.15, -0.1) is 11.8 Å². The van der Waals surface area contributed by atoms with Gasteiger partial charge >= 0.3 is 0 Å². The van der Waals surface area contributed by atoms with E-state index in [0.29, 0.717) is 6.42 Å². The van der Waals surface area contributed by atoms with Gasteiger partial charge < -0.3 is 4.57 Å². The molecule has 0 aliphatic carbocycles. The van der Waals surface area contributed by atoms with E-state index in [2.05, 4.69) is 62.2 Å². The molecule has 3 aromatic rings. The van der Waals surface area contributed by atoms with Gasteiger partial charge in [-0.1, -0.05) is 35.1 Å². The van der Waals surface area contributed by atoms with E-state index in [4.69, 9.17) is 0 Å². The summed E-state index contributed by atoms with van der Waals surface area (Å²) >= 11 is 3.29. The van der Waals surface area contributed by atoms with Crippen LogP contribution in [0.5, 0.6) is 0 Å². The molecule has 1 aromatic heterocycles. The predicted octanol–water partition coefficient (Wildman–Crippen LogP) is 4.77. The summed E-state index contributed by atoms with van der Waals surface area (Å²) in [6.45, 7) is 6.27. The van der Waals surface area contributed by atoms with Crippen molar-refractivity contribution < 1.29 is 4.79 Å². The molecule has 0 atom stereocenters. The van der Waals surface area contributed by atoms with Gasteiger partial charge in [0.25, 0.3) is 0 Å². The molecule has 5 heteroatoms. The maximum Gasteiger partial charge on any atom is 0.249 e. The molecule has 0 aliphatic rings. The van der Waals surface area contributed by atoms with Gasteiger partial charge in [0.05, 0.1) is 10.2 Å². The van der Waals surface area contributed by atoms with Crippen molar-refractivity contribution in [3.05, 3.63) is 57.9 Å². The Bertz CT molecular complexity index is 981. The van der Waals surface area contributed by atoms with E-state index in [0.717, 1.165) is 16.1 Å². The molecule has 3 nitrogen and oxygen atoms in total. The Hall–Kier alpha value is -1.85. The van der Waals surface area contributed by atoms with Gasteiger partial charge in [-0.2, -0.15) is 4.99 Å². The molecule has 0 bridgehead atoms. The van der Waals surface area contributed by atoms with Gasteiger partial charge in [0.1, 0.15) is 0 Å². The highest BCUT2D eigenvalue weighted by molar-refractivity contribution is 7.99. The zero-order chi connectivity index (χ0) is 18.0. The Balaban J connectivity index is 1.73. The number of aromatic nitrogens is 1. The molecule has 130 valence electrons. The lowest BCUT2D eigenvalue weighted by Crippen LogP contribution is -2.13. The molecule has 0 saturated heterocycles. The first-order valence-electron chi connectivity index (χ1n) is 8.28. The van der Waals surface area contributed by atoms with E-state index in [9.17, 15) is 4.79 Å². The molecule has 0 N–H and O–H groups in total. The highest BCUT2D eigenvalue weighted by atomic mass is 32.2. The lowest BCUT2D eigenvalue weighted by molar-refractivity contribution is -0.117. The lowest BCUT2D eigenvalue weighted by atomic mass is 10.1. The fraction of sp³-hybridized carbons (Fsp3) is 0.300. The first-order chi connectivity index (χ1) is 11.9. The average molecular weight is 371 g/mol. The zero-order valence-electron chi connectivity index (χ0n) is 15.0. The second kappa shape index (κ2) is 7.58. The Labute approximate surface area is 156 Å². The second-order valence-corrected chi connectivity index (χ2v) is 8.44. The fourth-order valence-corrected chi connectivity index (χ4v) is 4.65. The van der Waals surface area contributed by atoms with E-state index >= 15 is 0 Å². The first-order valence-corrected chi connectivity index (χ1v) is 10.1. The minimum absolute atomic E-state index is 0.0591. The number of fused-ring (bicyclic) bond motifs is 1. The topological polar surface area (TPSA) is 34.4 Å². The van der Waals surface area contributed by atoms with Crippen LogP contribution in [0, 0.1) is 20.8 Å². The molecule has 25 heavy (non-hydrogen) atoms. The van der Waals surface area contributed by atoms with Crippen LogP contribution in [0.2, 0.25) is 0 Å². The number of amides is 1. The molecule has 0 aliphatic heterocycles.